The van der Waals surface area contributed by atoms with Crippen molar-refractivity contribution in [2.24, 2.45) is 0 Å². The normalized spacial score (nSPS) is 10.2. The number of carbonyl (C=O) groups is 1. The van der Waals surface area contributed by atoms with Gasteiger partial charge in [-0.2, -0.15) is 0 Å². The molecule has 0 aliphatic carbocycles. The van der Waals surface area contributed by atoms with Crippen LogP contribution < -0.4 is 5.32 Å². The highest BCUT2D eigenvalue weighted by Crippen LogP contribution is 2.21. The molecule has 0 aliphatic rings. The van der Waals surface area contributed by atoms with Gasteiger partial charge in [-0.1, -0.05) is 23.9 Å². The molecule has 0 aliphatic heterocycles. The quantitative estimate of drug-likeness (QED) is 0.660. The third-order valence-electron chi connectivity index (χ3n) is 2.46. The minimum atomic E-state index is -1.05. The standard InChI is InChI=1S/C13H13N3O2S/c1-8-4-3-5-9(6-8)15-11-10(12(17)18)7-14-13(16-11)19-2/h3-7H,1-2H3,(H,17,18)(H,14,15,16). The van der Waals surface area contributed by atoms with Crippen LogP contribution in [0.4, 0.5) is 11.5 Å². The lowest BCUT2D eigenvalue weighted by molar-refractivity contribution is 0.0697. The molecule has 2 aromatic rings. The van der Waals surface area contributed by atoms with E-state index in [1.54, 1.807) is 0 Å². The number of thioether (sulfide) groups is 1. The molecule has 5 nitrogen and oxygen atoms in total. The van der Waals surface area contributed by atoms with Crippen molar-refractivity contribution in [3.63, 3.8) is 0 Å². The molecule has 0 unspecified atom stereocenters. The fourth-order valence-corrected chi connectivity index (χ4v) is 1.92. The topological polar surface area (TPSA) is 75.1 Å². The molecule has 0 atom stereocenters. The van der Waals surface area contributed by atoms with E-state index in [1.807, 2.05) is 37.4 Å². The van der Waals surface area contributed by atoms with Gasteiger partial charge in [0.1, 0.15) is 11.4 Å². The summed E-state index contributed by atoms with van der Waals surface area (Å²) in [5.41, 5.74) is 1.94. The van der Waals surface area contributed by atoms with Crippen molar-refractivity contribution >= 4 is 29.2 Å². The van der Waals surface area contributed by atoms with E-state index in [1.165, 1.54) is 18.0 Å². The molecule has 6 heteroatoms. The van der Waals surface area contributed by atoms with Crippen LogP contribution in [0.25, 0.3) is 0 Å². The molecular formula is C13H13N3O2S. The first-order valence-corrected chi connectivity index (χ1v) is 6.80. The lowest BCUT2D eigenvalue weighted by Gasteiger charge is -2.09. The highest BCUT2D eigenvalue weighted by atomic mass is 32.2. The molecule has 0 radical (unpaired) electrons. The Hall–Kier alpha value is -2.08. The third kappa shape index (κ3) is 3.23. The second-order valence-electron chi connectivity index (χ2n) is 3.92. The van der Waals surface area contributed by atoms with Crippen molar-refractivity contribution in [1.82, 2.24) is 9.97 Å². The summed E-state index contributed by atoms with van der Waals surface area (Å²) in [6, 6.07) is 7.65. The van der Waals surface area contributed by atoms with Crippen LogP contribution >= 0.6 is 11.8 Å². The van der Waals surface area contributed by atoms with Crippen LogP contribution in [0.5, 0.6) is 0 Å². The maximum absolute atomic E-state index is 11.2. The summed E-state index contributed by atoms with van der Waals surface area (Å²) in [6.07, 6.45) is 3.16. The smallest absolute Gasteiger partial charge is 0.341 e. The monoisotopic (exact) mass is 275 g/mol. The first kappa shape index (κ1) is 13.4. The highest BCUT2D eigenvalue weighted by molar-refractivity contribution is 7.98. The molecule has 1 aromatic carbocycles. The van der Waals surface area contributed by atoms with Crippen molar-refractivity contribution in [3.8, 4) is 0 Å². The van der Waals surface area contributed by atoms with Gasteiger partial charge in [-0.3, -0.25) is 0 Å². The van der Waals surface area contributed by atoms with E-state index in [0.29, 0.717) is 11.0 Å². The van der Waals surface area contributed by atoms with Gasteiger partial charge >= 0.3 is 5.97 Å². The number of benzene rings is 1. The molecule has 0 saturated heterocycles. The van der Waals surface area contributed by atoms with E-state index < -0.39 is 5.97 Å². The molecule has 98 valence electrons. The maximum atomic E-state index is 11.2. The van der Waals surface area contributed by atoms with Crippen LogP contribution in [0.3, 0.4) is 0 Å². The summed E-state index contributed by atoms with van der Waals surface area (Å²) in [7, 11) is 0. The zero-order chi connectivity index (χ0) is 13.8. The number of anilines is 2. The van der Waals surface area contributed by atoms with Crippen LogP contribution in [0.2, 0.25) is 0 Å². The molecule has 1 aromatic heterocycles. The largest absolute Gasteiger partial charge is 0.477 e. The minimum absolute atomic E-state index is 0.0549. The predicted molar refractivity (Wildman–Crippen MR) is 75.2 cm³/mol. The number of aromatic carboxylic acids is 1. The molecule has 1 heterocycles. The van der Waals surface area contributed by atoms with Crippen LogP contribution in [-0.2, 0) is 0 Å². The van der Waals surface area contributed by atoms with Crippen molar-refractivity contribution in [1.29, 1.82) is 0 Å². The van der Waals surface area contributed by atoms with Crippen molar-refractivity contribution in [2.75, 3.05) is 11.6 Å². The number of carboxylic acid groups (broad SMARTS) is 1. The van der Waals surface area contributed by atoms with Gasteiger partial charge < -0.3 is 10.4 Å². The summed E-state index contributed by atoms with van der Waals surface area (Å²) in [5, 5.41) is 12.7. The average molecular weight is 275 g/mol. The SMILES string of the molecule is CSc1ncc(C(=O)O)c(Nc2cccc(C)c2)n1. The van der Waals surface area contributed by atoms with E-state index in [-0.39, 0.29) is 5.56 Å². The number of rotatable bonds is 4. The Morgan fingerprint density at radius 1 is 1.42 bits per heavy atom. The lowest BCUT2D eigenvalue weighted by Crippen LogP contribution is -2.07. The number of aryl methyl sites for hydroxylation is 1. The van der Waals surface area contributed by atoms with Gasteiger partial charge in [0.25, 0.3) is 0 Å². The second kappa shape index (κ2) is 5.71. The summed E-state index contributed by atoms with van der Waals surface area (Å²) in [5.74, 6) is -0.750. The van der Waals surface area contributed by atoms with Crippen LogP contribution in [0.15, 0.2) is 35.6 Å². The molecule has 2 N–H and O–H groups in total. The number of nitrogens with one attached hydrogen (secondary N) is 1. The van der Waals surface area contributed by atoms with Gasteiger partial charge in [0.05, 0.1) is 0 Å². The fourth-order valence-electron chi connectivity index (χ4n) is 1.58. The van der Waals surface area contributed by atoms with E-state index in [4.69, 9.17) is 5.11 Å². The van der Waals surface area contributed by atoms with Gasteiger partial charge in [0.15, 0.2) is 5.16 Å². The summed E-state index contributed by atoms with van der Waals surface area (Å²) >= 11 is 1.36. The predicted octanol–water partition coefficient (Wildman–Crippen LogP) is 2.95. The first-order valence-electron chi connectivity index (χ1n) is 5.58. The Bertz CT molecular complexity index is 617. The third-order valence-corrected chi connectivity index (χ3v) is 3.02. The van der Waals surface area contributed by atoms with Gasteiger partial charge in [-0.15, -0.1) is 0 Å². The summed E-state index contributed by atoms with van der Waals surface area (Å²) in [6.45, 7) is 1.97. The van der Waals surface area contributed by atoms with E-state index in [2.05, 4.69) is 15.3 Å². The zero-order valence-corrected chi connectivity index (χ0v) is 11.4. The Kier molecular flexibility index (Phi) is 4.01. The maximum Gasteiger partial charge on any atom is 0.341 e. The van der Waals surface area contributed by atoms with E-state index >= 15 is 0 Å². The van der Waals surface area contributed by atoms with Crippen LogP contribution in [0.1, 0.15) is 15.9 Å². The number of hydrogen-bond donors (Lipinski definition) is 2. The Balaban J connectivity index is 2.39. The van der Waals surface area contributed by atoms with Crippen LogP contribution in [0, 0.1) is 6.92 Å². The number of aromatic nitrogens is 2. The number of hydrogen-bond acceptors (Lipinski definition) is 5. The van der Waals surface area contributed by atoms with Crippen LogP contribution in [-0.4, -0.2) is 27.3 Å². The van der Waals surface area contributed by atoms with Crippen molar-refractivity contribution < 1.29 is 9.90 Å². The van der Waals surface area contributed by atoms with Gasteiger partial charge in [-0.05, 0) is 30.9 Å². The Morgan fingerprint density at radius 3 is 2.84 bits per heavy atom. The molecule has 0 saturated carbocycles. The molecule has 19 heavy (non-hydrogen) atoms. The molecule has 0 bridgehead atoms. The summed E-state index contributed by atoms with van der Waals surface area (Å²) < 4.78 is 0. The van der Waals surface area contributed by atoms with Gasteiger partial charge in [0.2, 0.25) is 0 Å². The second-order valence-corrected chi connectivity index (χ2v) is 4.69. The Morgan fingerprint density at radius 2 is 2.21 bits per heavy atom. The van der Waals surface area contributed by atoms with Gasteiger partial charge in [-0.25, -0.2) is 14.8 Å². The molecule has 0 amide bonds. The lowest BCUT2D eigenvalue weighted by atomic mass is 10.2. The molecule has 0 spiro atoms. The molecule has 0 fully saturated rings. The zero-order valence-electron chi connectivity index (χ0n) is 10.5. The molecular weight excluding hydrogens is 262 g/mol. The van der Waals surface area contributed by atoms with Crippen molar-refractivity contribution in [2.45, 2.75) is 12.1 Å². The first-order chi connectivity index (χ1) is 9.10. The average Bonchev–Trinajstić information content (AvgIpc) is 2.38. The Labute approximate surface area is 115 Å². The van der Waals surface area contributed by atoms with E-state index in [9.17, 15) is 4.79 Å². The molecule has 2 rings (SSSR count). The fraction of sp³-hybridized carbons (Fsp3) is 0.154. The highest BCUT2D eigenvalue weighted by Gasteiger charge is 2.13. The van der Waals surface area contributed by atoms with Gasteiger partial charge in [0, 0.05) is 11.9 Å². The minimum Gasteiger partial charge on any atom is -0.477 e. The summed E-state index contributed by atoms with van der Waals surface area (Å²) in [4.78, 5) is 19.3. The number of carboxylic acids is 1. The number of nitrogens with zero attached hydrogens (tertiary/aromatic N) is 2. The van der Waals surface area contributed by atoms with Crippen molar-refractivity contribution in [3.05, 3.63) is 41.6 Å². The van der Waals surface area contributed by atoms with E-state index in [0.717, 1.165) is 11.3 Å².